The highest BCUT2D eigenvalue weighted by molar-refractivity contribution is 7.13. The molecule has 0 bridgehead atoms. The van der Waals surface area contributed by atoms with Gasteiger partial charge in [0, 0.05) is 17.8 Å². The van der Waals surface area contributed by atoms with Gasteiger partial charge in [-0.05, 0) is 58.8 Å². The van der Waals surface area contributed by atoms with E-state index in [-0.39, 0.29) is 6.04 Å². The Morgan fingerprint density at radius 2 is 1.67 bits per heavy atom. The lowest BCUT2D eigenvalue weighted by molar-refractivity contribution is 0.308. The second-order valence-electron chi connectivity index (χ2n) is 9.31. The first-order valence-corrected chi connectivity index (χ1v) is 13.7. The predicted octanol–water partition coefficient (Wildman–Crippen LogP) is 8.46. The van der Waals surface area contributed by atoms with Crippen LogP contribution in [0.4, 0.5) is 5.82 Å². The number of thiophene rings is 1. The number of benzene rings is 3. The molecule has 5 heteroatoms. The van der Waals surface area contributed by atoms with Gasteiger partial charge in [0.05, 0.1) is 4.88 Å². The molecule has 39 heavy (non-hydrogen) atoms. The van der Waals surface area contributed by atoms with E-state index in [2.05, 4.69) is 71.1 Å². The molecule has 1 N–H and O–H groups in total. The van der Waals surface area contributed by atoms with Gasteiger partial charge in [0.15, 0.2) is 11.4 Å². The van der Waals surface area contributed by atoms with Gasteiger partial charge in [-0.25, -0.2) is 4.98 Å². The van der Waals surface area contributed by atoms with Gasteiger partial charge in [-0.2, -0.15) is 0 Å². The van der Waals surface area contributed by atoms with Gasteiger partial charge in [-0.3, -0.25) is 4.40 Å². The fourth-order valence-corrected chi connectivity index (χ4v) is 5.35. The Balaban J connectivity index is 0.000000401. The fourth-order valence-electron chi connectivity index (χ4n) is 4.50. The molecule has 1 atom stereocenters. The fraction of sp³-hybridized carbons (Fsp3) is 0.0882. The van der Waals surface area contributed by atoms with Gasteiger partial charge in [0.1, 0.15) is 18.1 Å². The van der Waals surface area contributed by atoms with Crippen LogP contribution in [0, 0.1) is 12.3 Å². The third-order valence-corrected chi connectivity index (χ3v) is 7.57. The minimum absolute atomic E-state index is 0.0768. The molecule has 3 heterocycles. The van der Waals surface area contributed by atoms with Crippen molar-refractivity contribution in [3.05, 3.63) is 131 Å². The Morgan fingerprint density at radius 3 is 2.33 bits per heavy atom. The highest BCUT2D eigenvalue weighted by atomic mass is 32.1. The number of anilines is 1. The maximum Gasteiger partial charge on any atom is 0.182 e. The van der Waals surface area contributed by atoms with Crippen molar-refractivity contribution in [1.29, 1.82) is 0 Å². The molecule has 2 aliphatic carbocycles. The van der Waals surface area contributed by atoms with Crippen molar-refractivity contribution in [2.75, 3.05) is 5.32 Å². The summed E-state index contributed by atoms with van der Waals surface area (Å²) in [4.78, 5) is 5.98. The molecule has 0 fully saturated rings. The number of fused-ring (bicyclic) bond motifs is 2. The lowest BCUT2D eigenvalue weighted by atomic mass is 10.1. The van der Waals surface area contributed by atoms with E-state index in [1.165, 1.54) is 16.7 Å². The Morgan fingerprint density at radius 1 is 0.923 bits per heavy atom. The topological polar surface area (TPSA) is 38.6 Å². The zero-order chi connectivity index (χ0) is 26.6. The number of imidazole rings is 1. The number of ether oxygens (including phenoxy) is 1. The van der Waals surface area contributed by atoms with Gasteiger partial charge in [-0.15, -0.1) is 17.8 Å². The summed E-state index contributed by atoms with van der Waals surface area (Å²) in [7, 11) is 0. The summed E-state index contributed by atoms with van der Waals surface area (Å²) in [6, 6.07) is 34.9. The Bertz CT molecular complexity index is 1750. The molecular weight excluding hydrogens is 498 g/mol. The molecule has 0 spiro atoms. The van der Waals surface area contributed by atoms with E-state index in [9.17, 15) is 0 Å². The number of pyridine rings is 1. The SMILES string of the molecule is C#Cc1ccsc1-c1nc2c(OCc3ccccc3)cccn2c1NC(C)c1ccccc1.c1cc2cc-2c1. The molecule has 0 saturated heterocycles. The molecule has 0 aliphatic heterocycles. The van der Waals surface area contributed by atoms with Gasteiger partial charge in [0.2, 0.25) is 0 Å². The molecule has 5 aromatic rings. The average molecular weight is 526 g/mol. The van der Waals surface area contributed by atoms with Crippen LogP contribution in [-0.2, 0) is 6.61 Å². The van der Waals surface area contributed by atoms with Crippen molar-refractivity contribution in [2.24, 2.45) is 0 Å². The number of terminal acetylenes is 1. The third-order valence-electron chi connectivity index (χ3n) is 6.65. The molecular formula is C34H27N3OS. The lowest BCUT2D eigenvalue weighted by Gasteiger charge is -2.17. The monoisotopic (exact) mass is 525 g/mol. The quantitative estimate of drug-likeness (QED) is 0.212. The van der Waals surface area contributed by atoms with E-state index in [0.29, 0.717) is 6.61 Å². The van der Waals surface area contributed by atoms with Crippen molar-refractivity contribution in [2.45, 2.75) is 19.6 Å². The normalized spacial score (nSPS) is 11.7. The smallest absolute Gasteiger partial charge is 0.182 e. The van der Waals surface area contributed by atoms with Crippen LogP contribution in [0.25, 0.3) is 27.3 Å². The molecule has 4 nitrogen and oxygen atoms in total. The third kappa shape index (κ3) is 5.29. The molecule has 190 valence electrons. The van der Waals surface area contributed by atoms with E-state index < -0.39 is 0 Å². The van der Waals surface area contributed by atoms with Gasteiger partial charge in [-0.1, -0.05) is 84.8 Å². The predicted molar refractivity (Wildman–Crippen MR) is 161 cm³/mol. The zero-order valence-electron chi connectivity index (χ0n) is 21.5. The van der Waals surface area contributed by atoms with Crippen molar-refractivity contribution in [1.82, 2.24) is 9.38 Å². The number of nitrogens with one attached hydrogen (secondary N) is 1. The van der Waals surface area contributed by atoms with E-state index >= 15 is 0 Å². The zero-order valence-corrected chi connectivity index (χ0v) is 22.4. The highest BCUT2D eigenvalue weighted by Gasteiger charge is 2.21. The molecule has 3 aromatic heterocycles. The standard InChI is InChI=1S/C28H23N3OS.C6H4/c1-3-22-16-18-33-26(22)25-28(29-20(2)23-13-8-5-9-14-23)31-17-10-15-24(27(31)30-25)32-19-21-11-6-4-7-12-21;1-2-5-4-6(5)3-1/h1,4-18,20,29H,19H2,2H3;1-4H. The van der Waals surface area contributed by atoms with Crippen molar-refractivity contribution in [3.63, 3.8) is 0 Å². The van der Waals surface area contributed by atoms with Crippen LogP contribution in [0.15, 0.2) is 115 Å². The van der Waals surface area contributed by atoms with Gasteiger partial charge < -0.3 is 10.1 Å². The van der Waals surface area contributed by atoms with Crippen LogP contribution in [0.5, 0.6) is 5.75 Å². The first-order valence-electron chi connectivity index (χ1n) is 12.9. The molecule has 0 radical (unpaired) electrons. The lowest BCUT2D eigenvalue weighted by Crippen LogP contribution is -2.09. The minimum atomic E-state index is 0.0768. The summed E-state index contributed by atoms with van der Waals surface area (Å²) in [5.41, 5.74) is 7.57. The molecule has 0 amide bonds. The number of rotatable bonds is 7. The number of hydrogen-bond acceptors (Lipinski definition) is 4. The van der Waals surface area contributed by atoms with Crippen LogP contribution in [0.2, 0.25) is 0 Å². The van der Waals surface area contributed by atoms with E-state index in [4.69, 9.17) is 16.1 Å². The number of nitrogens with zero attached hydrogens (tertiary/aromatic N) is 2. The van der Waals surface area contributed by atoms with E-state index in [1.807, 2.05) is 66.2 Å². The largest absolute Gasteiger partial charge is 0.485 e. The maximum atomic E-state index is 6.19. The second kappa shape index (κ2) is 10.9. The molecule has 2 aromatic carbocycles. The maximum absolute atomic E-state index is 6.19. The summed E-state index contributed by atoms with van der Waals surface area (Å²) in [6.07, 6.45) is 7.79. The first kappa shape index (κ1) is 24.5. The van der Waals surface area contributed by atoms with Crippen molar-refractivity contribution < 1.29 is 4.74 Å². The van der Waals surface area contributed by atoms with Gasteiger partial charge >= 0.3 is 0 Å². The molecule has 0 saturated carbocycles. The summed E-state index contributed by atoms with van der Waals surface area (Å²) in [5, 5.41) is 5.68. The molecule has 1 unspecified atom stereocenters. The summed E-state index contributed by atoms with van der Waals surface area (Å²) in [6.45, 7) is 2.62. The van der Waals surface area contributed by atoms with E-state index in [0.717, 1.165) is 38.9 Å². The van der Waals surface area contributed by atoms with Crippen LogP contribution in [0.3, 0.4) is 0 Å². The summed E-state index contributed by atoms with van der Waals surface area (Å²) >= 11 is 1.60. The van der Waals surface area contributed by atoms with Crippen LogP contribution < -0.4 is 10.1 Å². The summed E-state index contributed by atoms with van der Waals surface area (Å²) in [5.74, 6) is 4.41. The Labute approximate surface area is 232 Å². The second-order valence-corrected chi connectivity index (χ2v) is 10.2. The van der Waals surface area contributed by atoms with E-state index in [1.54, 1.807) is 11.3 Å². The van der Waals surface area contributed by atoms with Crippen LogP contribution in [0.1, 0.15) is 29.7 Å². The van der Waals surface area contributed by atoms with Crippen molar-refractivity contribution in [3.8, 4) is 39.8 Å². The van der Waals surface area contributed by atoms with Crippen LogP contribution >= 0.6 is 11.3 Å². The molecule has 2 aliphatic rings. The minimum Gasteiger partial charge on any atom is -0.485 e. The first-order chi connectivity index (χ1) is 19.2. The average Bonchev–Trinajstić information content (AvgIpc) is 3.32. The van der Waals surface area contributed by atoms with Crippen molar-refractivity contribution >= 4 is 22.8 Å². The Hall–Kier alpha value is -4.79. The number of hydrogen-bond donors (Lipinski definition) is 1. The highest BCUT2D eigenvalue weighted by Crippen LogP contribution is 2.38. The number of aromatic nitrogens is 2. The van der Waals surface area contributed by atoms with Gasteiger partial charge in [0.25, 0.3) is 0 Å². The molecule has 7 rings (SSSR count). The Kier molecular flexibility index (Phi) is 6.86. The van der Waals surface area contributed by atoms with Crippen LogP contribution in [-0.4, -0.2) is 9.38 Å². The summed E-state index contributed by atoms with van der Waals surface area (Å²) < 4.78 is 8.24.